The zero-order valence-electron chi connectivity index (χ0n) is 10.2. The minimum Gasteiger partial charge on any atom is -0.494 e. The van der Waals surface area contributed by atoms with Gasteiger partial charge in [0, 0.05) is 6.04 Å². The Morgan fingerprint density at radius 3 is 2.88 bits per heavy atom. The summed E-state index contributed by atoms with van der Waals surface area (Å²) in [6, 6.07) is 5.48. The zero-order valence-corrected chi connectivity index (χ0v) is 11.0. The van der Waals surface area contributed by atoms with E-state index in [1.807, 2.05) is 24.9 Å². The number of rotatable bonds is 4. The van der Waals surface area contributed by atoms with E-state index in [1.165, 1.54) is 19.3 Å². The predicted molar refractivity (Wildman–Crippen MR) is 70.2 cm³/mol. The highest BCUT2D eigenvalue weighted by molar-refractivity contribution is 7.99. The third-order valence-corrected chi connectivity index (χ3v) is 4.47. The number of nitrogens with one attached hydrogen (secondary N) is 1. The molecular formula is C13H18FNOS. The Morgan fingerprint density at radius 2 is 2.35 bits per heavy atom. The van der Waals surface area contributed by atoms with Gasteiger partial charge in [-0.25, -0.2) is 4.39 Å². The van der Waals surface area contributed by atoms with Crippen molar-refractivity contribution in [1.82, 2.24) is 5.32 Å². The maximum atomic E-state index is 13.7. The molecular weight excluding hydrogens is 237 g/mol. The van der Waals surface area contributed by atoms with Gasteiger partial charge in [0.25, 0.3) is 0 Å². The average Bonchev–Trinajstić information content (AvgIpc) is 2.84. The van der Waals surface area contributed by atoms with Crippen molar-refractivity contribution >= 4 is 11.8 Å². The second-order valence-corrected chi connectivity index (χ2v) is 5.43. The van der Waals surface area contributed by atoms with Crippen molar-refractivity contribution in [2.45, 2.75) is 12.5 Å². The van der Waals surface area contributed by atoms with Crippen LogP contribution < -0.4 is 10.1 Å². The third kappa shape index (κ3) is 2.75. The Hall–Kier alpha value is -0.740. The van der Waals surface area contributed by atoms with Gasteiger partial charge < -0.3 is 10.1 Å². The van der Waals surface area contributed by atoms with Crippen molar-refractivity contribution in [1.29, 1.82) is 0 Å². The average molecular weight is 255 g/mol. The van der Waals surface area contributed by atoms with Crippen LogP contribution in [0.5, 0.6) is 5.75 Å². The molecule has 1 aliphatic rings. The van der Waals surface area contributed by atoms with E-state index in [9.17, 15) is 4.39 Å². The molecule has 1 fully saturated rings. The molecule has 1 aromatic rings. The van der Waals surface area contributed by atoms with Crippen LogP contribution in [0.3, 0.4) is 0 Å². The van der Waals surface area contributed by atoms with E-state index < -0.39 is 0 Å². The maximum Gasteiger partial charge on any atom is 0.165 e. The molecule has 2 nitrogen and oxygen atoms in total. The summed E-state index contributed by atoms with van der Waals surface area (Å²) in [5.41, 5.74) is 1.01. The molecule has 17 heavy (non-hydrogen) atoms. The Bertz CT molecular complexity index is 380. The first-order valence-electron chi connectivity index (χ1n) is 5.84. The molecule has 0 aromatic heterocycles. The summed E-state index contributed by atoms with van der Waals surface area (Å²) < 4.78 is 18.6. The quantitative estimate of drug-likeness (QED) is 0.894. The predicted octanol–water partition coefficient (Wildman–Crippen LogP) is 2.85. The van der Waals surface area contributed by atoms with Gasteiger partial charge in [0.1, 0.15) is 0 Å². The highest BCUT2D eigenvalue weighted by Crippen LogP contribution is 2.35. The van der Waals surface area contributed by atoms with Crippen molar-refractivity contribution in [2.24, 2.45) is 5.92 Å². The fraction of sp³-hybridized carbons (Fsp3) is 0.538. The van der Waals surface area contributed by atoms with Crippen LogP contribution in [0, 0.1) is 11.7 Å². The highest BCUT2D eigenvalue weighted by atomic mass is 32.2. The standard InChI is InChI=1S/C13H18FNOS/c1-15-13(10-5-6-17-8-10)9-3-4-12(16-2)11(14)7-9/h3-4,7,10,13,15H,5-6,8H2,1-2H3. The molecule has 0 bridgehead atoms. The van der Waals surface area contributed by atoms with E-state index in [-0.39, 0.29) is 11.9 Å². The molecule has 2 unspecified atom stereocenters. The molecule has 0 spiro atoms. The second-order valence-electron chi connectivity index (χ2n) is 4.28. The molecule has 1 saturated heterocycles. The van der Waals surface area contributed by atoms with Crippen LogP contribution in [0.2, 0.25) is 0 Å². The number of ether oxygens (including phenoxy) is 1. The molecule has 0 aliphatic carbocycles. The molecule has 1 aliphatic heterocycles. The van der Waals surface area contributed by atoms with Gasteiger partial charge >= 0.3 is 0 Å². The second kappa shape index (κ2) is 5.74. The first-order valence-corrected chi connectivity index (χ1v) is 7.00. The summed E-state index contributed by atoms with van der Waals surface area (Å²) >= 11 is 1.97. The summed E-state index contributed by atoms with van der Waals surface area (Å²) in [7, 11) is 3.43. The fourth-order valence-electron chi connectivity index (χ4n) is 2.37. The minimum absolute atomic E-state index is 0.241. The van der Waals surface area contributed by atoms with E-state index in [4.69, 9.17) is 4.74 Å². The van der Waals surface area contributed by atoms with E-state index in [1.54, 1.807) is 12.1 Å². The normalized spacial score (nSPS) is 21.5. The lowest BCUT2D eigenvalue weighted by Gasteiger charge is -2.23. The van der Waals surface area contributed by atoms with E-state index >= 15 is 0 Å². The molecule has 0 radical (unpaired) electrons. The summed E-state index contributed by atoms with van der Waals surface area (Å²) in [5.74, 6) is 2.98. The fourth-order valence-corrected chi connectivity index (χ4v) is 3.66. The first-order chi connectivity index (χ1) is 8.26. The summed E-state index contributed by atoms with van der Waals surface area (Å²) in [6.45, 7) is 0. The number of benzene rings is 1. The van der Waals surface area contributed by atoms with E-state index in [0.29, 0.717) is 11.7 Å². The van der Waals surface area contributed by atoms with Crippen molar-refractivity contribution in [3.63, 3.8) is 0 Å². The Labute approximate surface area is 106 Å². The van der Waals surface area contributed by atoms with Crippen molar-refractivity contribution in [2.75, 3.05) is 25.7 Å². The molecule has 0 amide bonds. The van der Waals surface area contributed by atoms with E-state index in [2.05, 4.69) is 5.32 Å². The summed E-state index contributed by atoms with van der Waals surface area (Å²) in [4.78, 5) is 0. The molecule has 2 atom stereocenters. The van der Waals surface area contributed by atoms with Crippen LogP contribution in [0.1, 0.15) is 18.0 Å². The van der Waals surface area contributed by atoms with Gasteiger partial charge in [0.2, 0.25) is 0 Å². The van der Waals surface area contributed by atoms with Gasteiger partial charge in [-0.05, 0) is 48.6 Å². The Morgan fingerprint density at radius 1 is 1.53 bits per heavy atom. The highest BCUT2D eigenvalue weighted by Gasteiger charge is 2.26. The van der Waals surface area contributed by atoms with Gasteiger partial charge in [-0.3, -0.25) is 0 Å². The van der Waals surface area contributed by atoms with Crippen LogP contribution in [-0.4, -0.2) is 25.7 Å². The molecule has 4 heteroatoms. The molecule has 1 N–H and O–H groups in total. The van der Waals surface area contributed by atoms with Crippen LogP contribution in [-0.2, 0) is 0 Å². The molecule has 1 heterocycles. The number of methoxy groups -OCH3 is 1. The summed E-state index contributed by atoms with van der Waals surface area (Å²) in [5, 5.41) is 3.30. The minimum atomic E-state index is -0.282. The number of hydrogen-bond donors (Lipinski definition) is 1. The van der Waals surface area contributed by atoms with Crippen molar-refractivity contribution in [3.8, 4) is 5.75 Å². The van der Waals surface area contributed by atoms with E-state index in [0.717, 1.165) is 11.3 Å². The molecule has 0 saturated carbocycles. The molecule has 2 rings (SSSR count). The Kier molecular flexibility index (Phi) is 4.29. The van der Waals surface area contributed by atoms with Gasteiger partial charge in [0.15, 0.2) is 11.6 Å². The molecule has 94 valence electrons. The number of halogens is 1. The van der Waals surface area contributed by atoms with Crippen LogP contribution in [0.25, 0.3) is 0 Å². The summed E-state index contributed by atoms with van der Waals surface area (Å²) in [6.07, 6.45) is 1.20. The largest absolute Gasteiger partial charge is 0.494 e. The topological polar surface area (TPSA) is 21.3 Å². The van der Waals surface area contributed by atoms with Crippen LogP contribution >= 0.6 is 11.8 Å². The SMILES string of the molecule is CNC(c1ccc(OC)c(F)c1)C1CCSC1. The van der Waals surface area contributed by atoms with Gasteiger partial charge in [-0.2, -0.15) is 11.8 Å². The van der Waals surface area contributed by atoms with Crippen molar-refractivity contribution < 1.29 is 9.13 Å². The Balaban J connectivity index is 2.21. The third-order valence-electron chi connectivity index (χ3n) is 3.28. The molecule has 1 aromatic carbocycles. The lowest BCUT2D eigenvalue weighted by atomic mass is 9.92. The van der Waals surface area contributed by atoms with Crippen molar-refractivity contribution in [3.05, 3.63) is 29.6 Å². The maximum absolute atomic E-state index is 13.7. The van der Waals surface area contributed by atoms with Gasteiger partial charge in [-0.15, -0.1) is 0 Å². The number of thioether (sulfide) groups is 1. The monoisotopic (exact) mass is 255 g/mol. The van der Waals surface area contributed by atoms with Gasteiger partial charge in [-0.1, -0.05) is 6.07 Å². The lowest BCUT2D eigenvalue weighted by molar-refractivity contribution is 0.382. The van der Waals surface area contributed by atoms with Crippen LogP contribution in [0.4, 0.5) is 4.39 Å². The smallest absolute Gasteiger partial charge is 0.165 e. The zero-order chi connectivity index (χ0) is 12.3. The van der Waals surface area contributed by atoms with Gasteiger partial charge in [0.05, 0.1) is 7.11 Å². The first kappa shape index (κ1) is 12.7. The lowest BCUT2D eigenvalue weighted by Crippen LogP contribution is -2.25. The number of hydrogen-bond acceptors (Lipinski definition) is 3. The van der Waals surface area contributed by atoms with Crippen LogP contribution in [0.15, 0.2) is 18.2 Å².